The van der Waals surface area contributed by atoms with Crippen LogP contribution in [0.4, 0.5) is 13.2 Å². The molecular weight excluding hydrogens is 337 g/mol. The van der Waals surface area contributed by atoms with Gasteiger partial charge in [-0.05, 0) is 47.3 Å². The normalized spacial score (nSPS) is 15.2. The van der Waals surface area contributed by atoms with Gasteiger partial charge in [-0.3, -0.25) is 0 Å². The second-order valence-electron chi connectivity index (χ2n) is 5.52. The summed E-state index contributed by atoms with van der Waals surface area (Å²) in [6.07, 6.45) is -3.92. The van der Waals surface area contributed by atoms with Crippen LogP contribution in [-0.2, 0) is 6.18 Å². The van der Waals surface area contributed by atoms with E-state index in [1.165, 1.54) is 12.1 Å². The average Bonchev–Trinajstić information content (AvgIpc) is 2.24. The topological polar surface area (TPSA) is 48.1 Å². The SMILES string of the molecule is CC(C)C[C@](C)(N)COc1ccc(Br)nc1C(F)(F)F. The van der Waals surface area contributed by atoms with Gasteiger partial charge < -0.3 is 10.5 Å². The summed E-state index contributed by atoms with van der Waals surface area (Å²) in [6, 6.07) is 2.65. The van der Waals surface area contributed by atoms with E-state index in [4.69, 9.17) is 10.5 Å². The van der Waals surface area contributed by atoms with E-state index < -0.39 is 17.4 Å². The minimum absolute atomic E-state index is 0.00241. The predicted octanol–water partition coefficient (Wildman–Crippen LogP) is 4.01. The van der Waals surface area contributed by atoms with Crippen molar-refractivity contribution in [1.29, 1.82) is 0 Å². The minimum Gasteiger partial charge on any atom is -0.489 e. The number of ether oxygens (including phenoxy) is 1. The van der Waals surface area contributed by atoms with Gasteiger partial charge in [-0.15, -0.1) is 0 Å². The predicted molar refractivity (Wildman–Crippen MR) is 74.5 cm³/mol. The quantitative estimate of drug-likeness (QED) is 0.812. The zero-order chi connectivity index (χ0) is 15.6. The van der Waals surface area contributed by atoms with E-state index in [-0.39, 0.29) is 17.0 Å². The first kappa shape index (κ1) is 17.2. The van der Waals surface area contributed by atoms with Crippen LogP contribution in [0, 0.1) is 5.92 Å². The first-order chi connectivity index (χ1) is 9.01. The molecule has 20 heavy (non-hydrogen) atoms. The number of pyridine rings is 1. The van der Waals surface area contributed by atoms with Crippen LogP contribution in [0.15, 0.2) is 16.7 Å². The average molecular weight is 355 g/mol. The van der Waals surface area contributed by atoms with Gasteiger partial charge in [0.2, 0.25) is 0 Å². The number of nitrogens with two attached hydrogens (primary N) is 1. The molecule has 0 bridgehead atoms. The molecule has 0 spiro atoms. The monoisotopic (exact) mass is 354 g/mol. The molecule has 1 rings (SSSR count). The molecule has 1 aromatic heterocycles. The van der Waals surface area contributed by atoms with Gasteiger partial charge in [0, 0.05) is 5.54 Å². The van der Waals surface area contributed by atoms with Crippen molar-refractivity contribution in [2.75, 3.05) is 6.61 Å². The van der Waals surface area contributed by atoms with Crippen LogP contribution in [-0.4, -0.2) is 17.1 Å². The number of hydrogen-bond donors (Lipinski definition) is 1. The van der Waals surface area contributed by atoms with Crippen molar-refractivity contribution >= 4 is 15.9 Å². The van der Waals surface area contributed by atoms with Crippen LogP contribution in [0.1, 0.15) is 32.9 Å². The number of rotatable bonds is 5. The van der Waals surface area contributed by atoms with Gasteiger partial charge in [0.25, 0.3) is 0 Å². The summed E-state index contributed by atoms with van der Waals surface area (Å²) >= 11 is 2.92. The standard InChI is InChI=1S/C13H18BrF3N2O/c1-8(2)6-12(3,18)7-20-9-4-5-10(14)19-11(9)13(15,16)17/h4-5,8H,6-7,18H2,1-3H3/t12-/m0/s1. The summed E-state index contributed by atoms with van der Waals surface area (Å²) in [6.45, 7) is 5.74. The molecule has 0 unspecified atom stereocenters. The van der Waals surface area contributed by atoms with E-state index in [1.807, 2.05) is 13.8 Å². The molecule has 0 saturated carbocycles. The Hall–Kier alpha value is -0.820. The summed E-state index contributed by atoms with van der Waals surface area (Å²) in [5.74, 6) is 0.0276. The van der Waals surface area contributed by atoms with Crippen molar-refractivity contribution in [2.45, 2.75) is 38.9 Å². The van der Waals surface area contributed by atoms with Crippen LogP contribution >= 0.6 is 15.9 Å². The Balaban J connectivity index is 2.88. The maximum Gasteiger partial charge on any atom is 0.437 e. The van der Waals surface area contributed by atoms with Crippen molar-refractivity contribution in [3.63, 3.8) is 0 Å². The van der Waals surface area contributed by atoms with Gasteiger partial charge in [-0.2, -0.15) is 13.2 Å². The largest absolute Gasteiger partial charge is 0.489 e. The first-order valence-corrected chi connectivity index (χ1v) is 6.96. The van der Waals surface area contributed by atoms with Gasteiger partial charge in [0.1, 0.15) is 17.0 Å². The summed E-state index contributed by atoms with van der Waals surface area (Å²) in [5, 5.41) is 0. The second-order valence-corrected chi connectivity index (χ2v) is 6.33. The minimum atomic E-state index is -4.57. The molecule has 1 heterocycles. The van der Waals surface area contributed by atoms with Crippen LogP contribution in [0.25, 0.3) is 0 Å². The third-order valence-electron chi connectivity index (χ3n) is 2.52. The molecule has 1 atom stereocenters. The van der Waals surface area contributed by atoms with Crippen LogP contribution in [0.2, 0.25) is 0 Å². The van der Waals surface area contributed by atoms with Gasteiger partial charge >= 0.3 is 6.18 Å². The molecule has 114 valence electrons. The number of nitrogens with zero attached hydrogens (tertiary/aromatic N) is 1. The fraction of sp³-hybridized carbons (Fsp3) is 0.615. The molecular formula is C13H18BrF3N2O. The van der Waals surface area contributed by atoms with Crippen molar-refractivity contribution in [3.8, 4) is 5.75 Å². The lowest BCUT2D eigenvalue weighted by atomic mass is 9.93. The van der Waals surface area contributed by atoms with Gasteiger partial charge in [-0.1, -0.05) is 13.8 Å². The van der Waals surface area contributed by atoms with Crippen LogP contribution < -0.4 is 10.5 Å². The molecule has 0 aliphatic carbocycles. The summed E-state index contributed by atoms with van der Waals surface area (Å²) in [7, 11) is 0. The molecule has 0 aliphatic rings. The molecule has 0 amide bonds. The van der Waals surface area contributed by atoms with Crippen molar-refractivity contribution in [2.24, 2.45) is 11.7 Å². The maximum atomic E-state index is 12.9. The fourth-order valence-electron chi connectivity index (χ4n) is 1.98. The lowest BCUT2D eigenvalue weighted by molar-refractivity contribution is -0.142. The zero-order valence-corrected chi connectivity index (χ0v) is 13.2. The van der Waals surface area contributed by atoms with E-state index in [2.05, 4.69) is 20.9 Å². The Bertz CT molecular complexity index is 461. The Morgan fingerprint density at radius 2 is 1.95 bits per heavy atom. The van der Waals surface area contributed by atoms with Gasteiger partial charge in [-0.25, -0.2) is 4.98 Å². The third-order valence-corrected chi connectivity index (χ3v) is 2.97. The molecule has 3 nitrogen and oxygen atoms in total. The van der Waals surface area contributed by atoms with E-state index in [1.54, 1.807) is 6.92 Å². The molecule has 0 saturated heterocycles. The molecule has 1 aromatic rings. The zero-order valence-electron chi connectivity index (χ0n) is 11.6. The molecule has 2 N–H and O–H groups in total. The van der Waals surface area contributed by atoms with Gasteiger partial charge in [0.15, 0.2) is 5.69 Å². The number of hydrogen-bond acceptors (Lipinski definition) is 3. The highest BCUT2D eigenvalue weighted by Gasteiger charge is 2.37. The first-order valence-electron chi connectivity index (χ1n) is 6.17. The molecule has 0 fully saturated rings. The Morgan fingerprint density at radius 3 is 2.45 bits per heavy atom. The number of alkyl halides is 3. The lowest BCUT2D eigenvalue weighted by Gasteiger charge is -2.27. The van der Waals surface area contributed by atoms with E-state index in [9.17, 15) is 13.2 Å². The van der Waals surface area contributed by atoms with Crippen molar-refractivity contribution in [3.05, 3.63) is 22.4 Å². The Kier molecular flexibility index (Phi) is 5.43. The highest BCUT2D eigenvalue weighted by atomic mass is 79.9. The molecule has 7 heteroatoms. The molecule has 0 aliphatic heterocycles. The number of aromatic nitrogens is 1. The summed E-state index contributed by atoms with van der Waals surface area (Å²) in [5.41, 5.74) is 4.28. The summed E-state index contributed by atoms with van der Waals surface area (Å²) < 4.78 is 44.0. The van der Waals surface area contributed by atoms with Crippen LogP contribution in [0.5, 0.6) is 5.75 Å². The van der Waals surface area contributed by atoms with Crippen molar-refractivity contribution < 1.29 is 17.9 Å². The second kappa shape index (κ2) is 6.30. The summed E-state index contributed by atoms with van der Waals surface area (Å²) in [4.78, 5) is 3.43. The van der Waals surface area contributed by atoms with Crippen molar-refractivity contribution in [1.82, 2.24) is 4.98 Å². The van der Waals surface area contributed by atoms with Crippen LogP contribution in [0.3, 0.4) is 0 Å². The van der Waals surface area contributed by atoms with E-state index >= 15 is 0 Å². The molecule has 0 radical (unpaired) electrons. The highest BCUT2D eigenvalue weighted by molar-refractivity contribution is 9.10. The third kappa shape index (κ3) is 5.28. The maximum absolute atomic E-state index is 12.9. The molecule has 0 aromatic carbocycles. The Labute approximate surface area is 124 Å². The lowest BCUT2D eigenvalue weighted by Crippen LogP contribution is -2.43. The van der Waals surface area contributed by atoms with E-state index in [0.717, 1.165) is 0 Å². The Morgan fingerprint density at radius 1 is 1.35 bits per heavy atom. The smallest absolute Gasteiger partial charge is 0.437 e. The fourth-order valence-corrected chi connectivity index (χ4v) is 2.29. The number of halogens is 4. The highest BCUT2D eigenvalue weighted by Crippen LogP contribution is 2.35. The van der Waals surface area contributed by atoms with Gasteiger partial charge in [0.05, 0.1) is 0 Å². The van der Waals surface area contributed by atoms with E-state index in [0.29, 0.717) is 12.3 Å².